The van der Waals surface area contributed by atoms with Gasteiger partial charge in [-0.15, -0.1) is 0 Å². The van der Waals surface area contributed by atoms with Crippen molar-refractivity contribution < 1.29 is 5.11 Å². The summed E-state index contributed by atoms with van der Waals surface area (Å²) in [6.07, 6.45) is 9.30. The zero-order valence-electron chi connectivity index (χ0n) is 11.6. The Morgan fingerprint density at radius 3 is 2.56 bits per heavy atom. The SMILES string of the molecule is C[C@H]1C[C@@H]2C[C@H](O)[C@H]3CCCN4CCC[C@H]2[C@@]34C1. The largest absolute Gasteiger partial charge is 0.393 e. The van der Waals surface area contributed by atoms with Crippen molar-refractivity contribution in [3.63, 3.8) is 0 Å². The van der Waals surface area contributed by atoms with Gasteiger partial charge >= 0.3 is 0 Å². The first-order valence-electron chi connectivity index (χ1n) is 8.15. The van der Waals surface area contributed by atoms with Crippen LogP contribution in [0, 0.1) is 23.7 Å². The van der Waals surface area contributed by atoms with Crippen molar-refractivity contribution in [2.45, 2.75) is 63.5 Å². The number of hydrogen-bond donors (Lipinski definition) is 1. The molecule has 2 aliphatic carbocycles. The average molecular weight is 249 g/mol. The van der Waals surface area contributed by atoms with Crippen LogP contribution in [0.5, 0.6) is 0 Å². The van der Waals surface area contributed by atoms with Gasteiger partial charge in [0.1, 0.15) is 0 Å². The zero-order chi connectivity index (χ0) is 12.3. The number of aliphatic hydroxyl groups is 1. The van der Waals surface area contributed by atoms with E-state index < -0.39 is 0 Å². The maximum absolute atomic E-state index is 10.6. The van der Waals surface area contributed by atoms with Crippen molar-refractivity contribution >= 4 is 0 Å². The molecule has 2 nitrogen and oxygen atoms in total. The molecule has 0 unspecified atom stereocenters. The molecule has 0 aromatic rings. The van der Waals surface area contributed by atoms with Crippen molar-refractivity contribution in [3.8, 4) is 0 Å². The molecule has 0 radical (unpaired) electrons. The zero-order valence-corrected chi connectivity index (χ0v) is 11.6. The second kappa shape index (κ2) is 3.96. The highest BCUT2D eigenvalue weighted by molar-refractivity contribution is 5.15. The molecular weight excluding hydrogens is 222 g/mol. The fourth-order valence-electron chi connectivity index (χ4n) is 6.43. The van der Waals surface area contributed by atoms with Crippen LogP contribution in [0.4, 0.5) is 0 Å². The third kappa shape index (κ3) is 1.37. The molecule has 2 bridgehead atoms. The van der Waals surface area contributed by atoms with Gasteiger partial charge in [-0.3, -0.25) is 4.90 Å². The summed E-state index contributed by atoms with van der Waals surface area (Å²) in [6.45, 7) is 5.06. The van der Waals surface area contributed by atoms with E-state index in [1.165, 1.54) is 51.6 Å². The summed E-state index contributed by atoms with van der Waals surface area (Å²) in [5.74, 6) is 3.20. The summed E-state index contributed by atoms with van der Waals surface area (Å²) in [5.41, 5.74) is 0.413. The number of nitrogens with zero attached hydrogens (tertiary/aromatic N) is 1. The first kappa shape index (κ1) is 11.7. The summed E-state index contributed by atoms with van der Waals surface area (Å²) in [7, 11) is 0. The summed E-state index contributed by atoms with van der Waals surface area (Å²) in [4.78, 5) is 2.82. The first-order valence-corrected chi connectivity index (χ1v) is 8.15. The molecule has 1 spiro atoms. The lowest BCUT2D eigenvalue weighted by Gasteiger charge is -2.67. The molecule has 0 aromatic carbocycles. The van der Waals surface area contributed by atoms with Gasteiger partial charge in [0.2, 0.25) is 0 Å². The fourth-order valence-corrected chi connectivity index (χ4v) is 6.43. The molecule has 4 fully saturated rings. The topological polar surface area (TPSA) is 23.5 Å². The molecule has 6 atom stereocenters. The van der Waals surface area contributed by atoms with E-state index >= 15 is 0 Å². The predicted molar refractivity (Wildman–Crippen MR) is 72.3 cm³/mol. The summed E-state index contributed by atoms with van der Waals surface area (Å²) in [5, 5.41) is 10.6. The lowest BCUT2D eigenvalue weighted by atomic mass is 9.48. The Labute approximate surface area is 111 Å². The molecule has 2 heteroatoms. The molecule has 18 heavy (non-hydrogen) atoms. The van der Waals surface area contributed by atoms with E-state index in [-0.39, 0.29) is 6.10 Å². The van der Waals surface area contributed by atoms with Crippen LogP contribution in [0.1, 0.15) is 51.9 Å². The van der Waals surface area contributed by atoms with Crippen LogP contribution in [0.3, 0.4) is 0 Å². The maximum atomic E-state index is 10.6. The van der Waals surface area contributed by atoms with Crippen LogP contribution in [-0.4, -0.2) is 34.7 Å². The van der Waals surface area contributed by atoms with E-state index in [0.29, 0.717) is 11.5 Å². The molecule has 2 heterocycles. The highest BCUT2D eigenvalue weighted by Crippen LogP contribution is 2.60. The van der Waals surface area contributed by atoms with Gasteiger partial charge in [0.15, 0.2) is 0 Å². The quantitative estimate of drug-likeness (QED) is 0.713. The monoisotopic (exact) mass is 249 g/mol. The number of piperidine rings is 2. The van der Waals surface area contributed by atoms with Gasteiger partial charge in [-0.2, -0.15) is 0 Å². The van der Waals surface area contributed by atoms with Crippen LogP contribution in [-0.2, 0) is 0 Å². The molecule has 2 aliphatic heterocycles. The van der Waals surface area contributed by atoms with E-state index in [1.54, 1.807) is 0 Å². The Kier molecular flexibility index (Phi) is 2.58. The van der Waals surface area contributed by atoms with Gasteiger partial charge in [0, 0.05) is 11.5 Å². The minimum absolute atomic E-state index is 0.000324. The van der Waals surface area contributed by atoms with Crippen LogP contribution >= 0.6 is 0 Å². The molecule has 1 N–H and O–H groups in total. The molecule has 0 amide bonds. The van der Waals surface area contributed by atoms with Gasteiger partial charge < -0.3 is 5.11 Å². The van der Waals surface area contributed by atoms with Gasteiger partial charge in [-0.25, -0.2) is 0 Å². The van der Waals surface area contributed by atoms with Crippen molar-refractivity contribution in [3.05, 3.63) is 0 Å². The second-order valence-corrected chi connectivity index (χ2v) is 7.58. The highest BCUT2D eigenvalue weighted by Gasteiger charge is 2.61. The van der Waals surface area contributed by atoms with Gasteiger partial charge in [-0.05, 0) is 75.8 Å². The third-order valence-electron chi connectivity index (χ3n) is 6.72. The predicted octanol–water partition coefficient (Wildman–Crippen LogP) is 2.66. The van der Waals surface area contributed by atoms with Crippen molar-refractivity contribution in [2.24, 2.45) is 23.7 Å². The van der Waals surface area contributed by atoms with Crippen LogP contribution in [0.15, 0.2) is 0 Å². The van der Waals surface area contributed by atoms with Crippen molar-refractivity contribution in [1.82, 2.24) is 4.90 Å². The molecule has 4 aliphatic rings. The smallest absolute Gasteiger partial charge is 0.0589 e. The first-order chi connectivity index (χ1) is 8.72. The van der Waals surface area contributed by atoms with Crippen LogP contribution < -0.4 is 0 Å². The summed E-state index contributed by atoms with van der Waals surface area (Å²) < 4.78 is 0. The minimum atomic E-state index is -0.000324. The number of aliphatic hydroxyl groups excluding tert-OH is 1. The van der Waals surface area contributed by atoms with E-state index in [9.17, 15) is 5.11 Å². The van der Waals surface area contributed by atoms with Gasteiger partial charge in [0.05, 0.1) is 6.10 Å². The maximum Gasteiger partial charge on any atom is 0.0589 e. The lowest BCUT2D eigenvalue weighted by Crippen LogP contribution is -2.72. The number of rotatable bonds is 0. The highest BCUT2D eigenvalue weighted by atomic mass is 16.3. The molecule has 2 saturated carbocycles. The molecule has 102 valence electrons. The number of hydrogen-bond acceptors (Lipinski definition) is 2. The van der Waals surface area contributed by atoms with E-state index in [2.05, 4.69) is 11.8 Å². The van der Waals surface area contributed by atoms with Crippen molar-refractivity contribution in [2.75, 3.05) is 13.1 Å². The molecule has 2 saturated heterocycles. The third-order valence-corrected chi connectivity index (χ3v) is 6.72. The van der Waals surface area contributed by atoms with E-state index in [0.717, 1.165) is 24.2 Å². The van der Waals surface area contributed by atoms with E-state index in [4.69, 9.17) is 0 Å². The normalized spacial score (nSPS) is 56.0. The minimum Gasteiger partial charge on any atom is -0.393 e. The van der Waals surface area contributed by atoms with E-state index in [1.807, 2.05) is 0 Å². The standard InChI is InChI=1S/C16H27NO/c1-11-8-12-9-15(18)14-5-3-7-17-6-2-4-13(12)16(14,17)10-11/h11-15,18H,2-10H2,1H3/t11-,12+,13+,14+,15-,16-/m0/s1. The summed E-state index contributed by atoms with van der Waals surface area (Å²) in [6, 6.07) is 0. The second-order valence-electron chi connectivity index (χ2n) is 7.58. The molecule has 4 rings (SSSR count). The van der Waals surface area contributed by atoms with Crippen molar-refractivity contribution in [1.29, 1.82) is 0 Å². The Bertz CT molecular complexity index is 330. The van der Waals surface area contributed by atoms with Crippen LogP contribution in [0.25, 0.3) is 0 Å². The van der Waals surface area contributed by atoms with Gasteiger partial charge in [-0.1, -0.05) is 6.92 Å². The Morgan fingerprint density at radius 1 is 1.06 bits per heavy atom. The Hall–Kier alpha value is -0.0800. The average Bonchev–Trinajstić information content (AvgIpc) is 2.33. The molecule has 0 aromatic heterocycles. The van der Waals surface area contributed by atoms with Gasteiger partial charge in [0.25, 0.3) is 0 Å². The summed E-state index contributed by atoms with van der Waals surface area (Å²) >= 11 is 0. The Balaban J connectivity index is 1.80. The molecular formula is C16H27NO. The van der Waals surface area contributed by atoms with Crippen LogP contribution in [0.2, 0.25) is 0 Å². The lowest BCUT2D eigenvalue weighted by molar-refractivity contribution is -0.194. The Morgan fingerprint density at radius 2 is 1.78 bits per heavy atom. The fraction of sp³-hybridized carbons (Fsp3) is 1.00.